The summed E-state index contributed by atoms with van der Waals surface area (Å²) in [5.74, 6) is 0.379. The number of nitrogens with zero attached hydrogens (tertiary/aromatic N) is 2. The summed E-state index contributed by atoms with van der Waals surface area (Å²) in [6, 6.07) is 1.28. The molecule has 2 rings (SSSR count). The summed E-state index contributed by atoms with van der Waals surface area (Å²) in [6.07, 6.45) is -2.10. The molecular formula is C11H17N3O5. The first-order valence-corrected chi connectivity index (χ1v) is 5.91. The van der Waals surface area contributed by atoms with E-state index in [2.05, 4.69) is 4.98 Å². The quantitative estimate of drug-likeness (QED) is 0.601. The Morgan fingerprint density at radius 1 is 1.53 bits per heavy atom. The maximum absolute atomic E-state index is 11.9. The van der Waals surface area contributed by atoms with E-state index >= 15 is 0 Å². The van der Waals surface area contributed by atoms with Crippen molar-refractivity contribution in [2.24, 2.45) is 0 Å². The van der Waals surface area contributed by atoms with E-state index in [0.717, 1.165) is 0 Å². The summed E-state index contributed by atoms with van der Waals surface area (Å²) in [7, 11) is 3.39. The molecule has 1 aliphatic rings. The number of aromatic amines is 1. The normalized spacial score (nSPS) is 26.6. The number of hydrogen-bond acceptors (Lipinski definition) is 6. The van der Waals surface area contributed by atoms with Crippen molar-refractivity contribution >= 4 is 5.82 Å². The van der Waals surface area contributed by atoms with Gasteiger partial charge in [0.25, 0.3) is 5.56 Å². The highest BCUT2D eigenvalue weighted by Crippen LogP contribution is 2.29. The standard InChI is InChI=1S/C11H17N3O5/c1-13(2)9-4-8(17)12-11(18)14(9)10-3-6(16)7(5-15)19-10/h4,6-7,10,15-16H,3,5H2,1-2H3,(H,12,17,18)/t6-,7+,10+/m0/s1. The summed E-state index contributed by atoms with van der Waals surface area (Å²) >= 11 is 0. The Hall–Kier alpha value is -1.64. The lowest BCUT2D eigenvalue weighted by Gasteiger charge is -2.22. The van der Waals surface area contributed by atoms with Gasteiger partial charge in [-0.2, -0.15) is 0 Å². The molecule has 1 aliphatic heterocycles. The fourth-order valence-electron chi connectivity index (χ4n) is 2.15. The third kappa shape index (κ3) is 2.55. The molecule has 0 aliphatic carbocycles. The zero-order valence-electron chi connectivity index (χ0n) is 10.7. The fourth-order valence-corrected chi connectivity index (χ4v) is 2.15. The Bertz CT molecular complexity index is 564. The Labute approximate surface area is 108 Å². The molecule has 1 aromatic heterocycles. The largest absolute Gasteiger partial charge is 0.394 e. The molecule has 0 unspecified atom stereocenters. The highest BCUT2D eigenvalue weighted by atomic mass is 16.5. The van der Waals surface area contributed by atoms with E-state index in [-0.39, 0.29) is 13.0 Å². The van der Waals surface area contributed by atoms with Crippen molar-refractivity contribution < 1.29 is 14.9 Å². The minimum absolute atomic E-state index is 0.179. The number of hydrogen-bond donors (Lipinski definition) is 3. The third-order valence-corrected chi connectivity index (χ3v) is 3.09. The van der Waals surface area contributed by atoms with E-state index in [1.165, 1.54) is 10.6 Å². The maximum atomic E-state index is 11.9. The van der Waals surface area contributed by atoms with Crippen LogP contribution in [0.25, 0.3) is 0 Å². The van der Waals surface area contributed by atoms with E-state index < -0.39 is 29.7 Å². The zero-order chi connectivity index (χ0) is 14.2. The van der Waals surface area contributed by atoms with Crippen LogP contribution in [0.5, 0.6) is 0 Å². The predicted molar refractivity (Wildman–Crippen MR) is 67.3 cm³/mol. The van der Waals surface area contributed by atoms with Gasteiger partial charge >= 0.3 is 5.69 Å². The number of anilines is 1. The molecule has 0 amide bonds. The molecular weight excluding hydrogens is 254 g/mol. The van der Waals surface area contributed by atoms with Crippen LogP contribution in [0.4, 0.5) is 5.82 Å². The Balaban J connectivity index is 2.46. The number of nitrogens with one attached hydrogen (secondary N) is 1. The van der Waals surface area contributed by atoms with Crippen molar-refractivity contribution in [2.45, 2.75) is 24.9 Å². The molecule has 0 aromatic carbocycles. The van der Waals surface area contributed by atoms with Crippen LogP contribution in [0.15, 0.2) is 15.7 Å². The molecule has 1 aromatic rings. The molecule has 3 N–H and O–H groups in total. The Morgan fingerprint density at radius 3 is 2.74 bits per heavy atom. The van der Waals surface area contributed by atoms with Crippen LogP contribution in [0.3, 0.4) is 0 Å². The lowest BCUT2D eigenvalue weighted by atomic mass is 10.2. The van der Waals surface area contributed by atoms with Crippen LogP contribution in [0.1, 0.15) is 12.6 Å². The van der Waals surface area contributed by atoms with Gasteiger partial charge in [-0.3, -0.25) is 14.3 Å². The molecule has 3 atom stereocenters. The van der Waals surface area contributed by atoms with Crippen LogP contribution >= 0.6 is 0 Å². The van der Waals surface area contributed by atoms with Gasteiger partial charge in [-0.25, -0.2) is 4.79 Å². The van der Waals surface area contributed by atoms with Crippen LogP contribution in [-0.4, -0.2) is 52.7 Å². The molecule has 0 radical (unpaired) electrons. The van der Waals surface area contributed by atoms with E-state index in [0.29, 0.717) is 5.82 Å². The molecule has 8 nitrogen and oxygen atoms in total. The van der Waals surface area contributed by atoms with Crippen molar-refractivity contribution in [2.75, 3.05) is 25.6 Å². The monoisotopic (exact) mass is 271 g/mol. The Morgan fingerprint density at radius 2 is 2.21 bits per heavy atom. The minimum atomic E-state index is -0.844. The summed E-state index contributed by atoms with van der Waals surface area (Å²) < 4.78 is 6.70. The number of aliphatic hydroxyl groups is 2. The summed E-state index contributed by atoms with van der Waals surface area (Å²) in [5, 5.41) is 18.8. The summed E-state index contributed by atoms with van der Waals surface area (Å²) in [4.78, 5) is 27.0. The van der Waals surface area contributed by atoms with Crippen molar-refractivity contribution in [1.29, 1.82) is 0 Å². The number of rotatable bonds is 3. The molecule has 1 fully saturated rings. The maximum Gasteiger partial charge on any atom is 0.332 e. The smallest absolute Gasteiger partial charge is 0.332 e. The van der Waals surface area contributed by atoms with Gasteiger partial charge < -0.3 is 19.8 Å². The van der Waals surface area contributed by atoms with Gasteiger partial charge in [0.15, 0.2) is 0 Å². The zero-order valence-corrected chi connectivity index (χ0v) is 10.7. The molecule has 19 heavy (non-hydrogen) atoms. The van der Waals surface area contributed by atoms with Gasteiger partial charge in [0.05, 0.1) is 12.7 Å². The second-order valence-corrected chi connectivity index (χ2v) is 4.68. The van der Waals surface area contributed by atoms with Crippen LogP contribution in [0.2, 0.25) is 0 Å². The number of aliphatic hydroxyl groups excluding tert-OH is 2. The van der Waals surface area contributed by atoms with Gasteiger partial charge in [0, 0.05) is 26.6 Å². The molecule has 2 heterocycles. The Kier molecular flexibility index (Phi) is 3.74. The highest BCUT2D eigenvalue weighted by molar-refractivity contribution is 5.36. The highest BCUT2D eigenvalue weighted by Gasteiger charge is 2.36. The molecule has 8 heteroatoms. The topological polar surface area (TPSA) is 108 Å². The predicted octanol–water partition coefficient (Wildman–Crippen LogP) is -1.76. The summed E-state index contributed by atoms with van der Waals surface area (Å²) in [5.41, 5.74) is -1.10. The first kappa shape index (κ1) is 13.8. The van der Waals surface area contributed by atoms with Crippen molar-refractivity contribution in [3.8, 4) is 0 Å². The van der Waals surface area contributed by atoms with E-state index in [4.69, 9.17) is 9.84 Å². The fraction of sp³-hybridized carbons (Fsp3) is 0.636. The number of aromatic nitrogens is 2. The van der Waals surface area contributed by atoms with Gasteiger partial charge in [0.1, 0.15) is 18.1 Å². The van der Waals surface area contributed by atoms with E-state index in [9.17, 15) is 14.7 Å². The third-order valence-electron chi connectivity index (χ3n) is 3.09. The SMILES string of the molecule is CN(C)c1cc(=O)[nH]c(=O)n1[C@H]1C[C@H](O)[C@@H](CO)O1. The number of ether oxygens (including phenoxy) is 1. The molecule has 0 spiro atoms. The lowest BCUT2D eigenvalue weighted by molar-refractivity contribution is -0.0453. The first-order chi connectivity index (χ1) is 8.93. The van der Waals surface area contributed by atoms with Gasteiger partial charge in [-0.15, -0.1) is 0 Å². The van der Waals surface area contributed by atoms with E-state index in [1.54, 1.807) is 19.0 Å². The summed E-state index contributed by atoms with van der Waals surface area (Å²) in [6.45, 7) is -0.326. The second-order valence-electron chi connectivity index (χ2n) is 4.68. The first-order valence-electron chi connectivity index (χ1n) is 5.91. The van der Waals surface area contributed by atoms with Gasteiger partial charge in [0.2, 0.25) is 0 Å². The molecule has 0 saturated carbocycles. The molecule has 0 bridgehead atoms. The molecule has 1 saturated heterocycles. The van der Waals surface area contributed by atoms with Crippen LogP contribution < -0.4 is 16.1 Å². The van der Waals surface area contributed by atoms with Gasteiger partial charge in [-0.05, 0) is 0 Å². The van der Waals surface area contributed by atoms with Crippen molar-refractivity contribution in [3.63, 3.8) is 0 Å². The average molecular weight is 271 g/mol. The second kappa shape index (κ2) is 5.16. The molecule has 106 valence electrons. The number of H-pyrrole nitrogens is 1. The van der Waals surface area contributed by atoms with Gasteiger partial charge in [-0.1, -0.05) is 0 Å². The van der Waals surface area contributed by atoms with Crippen molar-refractivity contribution in [1.82, 2.24) is 9.55 Å². The van der Waals surface area contributed by atoms with Crippen LogP contribution in [0, 0.1) is 0 Å². The lowest BCUT2D eigenvalue weighted by Crippen LogP contribution is -2.36. The minimum Gasteiger partial charge on any atom is -0.394 e. The van der Waals surface area contributed by atoms with E-state index in [1.807, 2.05) is 0 Å². The van der Waals surface area contributed by atoms with Crippen molar-refractivity contribution in [3.05, 3.63) is 26.9 Å². The average Bonchev–Trinajstić information content (AvgIpc) is 2.68. The van der Waals surface area contributed by atoms with Crippen LogP contribution in [-0.2, 0) is 4.74 Å².